The van der Waals surface area contributed by atoms with E-state index in [4.69, 9.17) is 11.6 Å². The average molecular weight is 205 g/mol. The molecule has 0 aromatic heterocycles. The highest BCUT2D eigenvalue weighted by atomic mass is 35.5. The molecule has 0 radical (unpaired) electrons. The van der Waals surface area contributed by atoms with E-state index in [0.717, 1.165) is 12.3 Å². The van der Waals surface area contributed by atoms with E-state index in [1.807, 2.05) is 13.8 Å². The van der Waals surface area contributed by atoms with Crippen LogP contribution in [-0.4, -0.2) is 5.24 Å². The summed E-state index contributed by atoms with van der Waals surface area (Å²) in [5, 5.41) is -0.171. The smallest absolute Gasteiger partial charge is 0.221 e. The summed E-state index contributed by atoms with van der Waals surface area (Å²) in [6, 6.07) is 0. The molecule has 1 rings (SSSR count). The average Bonchev–Trinajstić information content (AvgIpc) is 2.19. The maximum Gasteiger partial charge on any atom is 0.221 e. The Hall–Kier alpha value is -0.0400. The Morgan fingerprint density at radius 2 is 1.77 bits per heavy atom. The Morgan fingerprint density at radius 1 is 1.23 bits per heavy atom. The molecule has 0 atom stereocenters. The van der Waals surface area contributed by atoms with Crippen LogP contribution in [0.2, 0.25) is 0 Å². The van der Waals surface area contributed by atoms with Gasteiger partial charge in [-0.05, 0) is 23.9 Å². The van der Waals surface area contributed by atoms with Gasteiger partial charge in [-0.1, -0.05) is 46.0 Å². The molecule has 78 valence electrons. The molecular formula is C11H21ClO. The zero-order valence-corrected chi connectivity index (χ0v) is 9.57. The summed E-state index contributed by atoms with van der Waals surface area (Å²) >= 11 is 5.26. The van der Waals surface area contributed by atoms with Crippen LogP contribution in [0.15, 0.2) is 0 Å². The van der Waals surface area contributed by atoms with Gasteiger partial charge in [-0.25, -0.2) is 0 Å². The second kappa shape index (κ2) is 8.55. The lowest BCUT2D eigenvalue weighted by atomic mass is 9.86. The Labute approximate surface area is 86.9 Å². The largest absolute Gasteiger partial charge is 0.281 e. The van der Waals surface area contributed by atoms with Crippen molar-refractivity contribution < 1.29 is 4.79 Å². The van der Waals surface area contributed by atoms with E-state index in [0.29, 0.717) is 6.42 Å². The monoisotopic (exact) mass is 204 g/mol. The van der Waals surface area contributed by atoms with E-state index in [-0.39, 0.29) is 5.24 Å². The van der Waals surface area contributed by atoms with Gasteiger partial charge in [-0.3, -0.25) is 4.79 Å². The molecule has 0 saturated heterocycles. The van der Waals surface area contributed by atoms with Crippen molar-refractivity contribution in [2.45, 2.75) is 58.8 Å². The second-order valence-electron chi connectivity index (χ2n) is 3.40. The third-order valence-corrected chi connectivity index (χ3v) is 2.66. The molecule has 0 heterocycles. The van der Waals surface area contributed by atoms with Gasteiger partial charge in [0.15, 0.2) is 0 Å². The van der Waals surface area contributed by atoms with Crippen molar-refractivity contribution in [3.8, 4) is 0 Å². The van der Waals surface area contributed by atoms with Gasteiger partial charge in [0.1, 0.15) is 0 Å². The highest BCUT2D eigenvalue weighted by molar-refractivity contribution is 6.63. The molecule has 1 aliphatic rings. The minimum Gasteiger partial charge on any atom is -0.281 e. The zero-order chi connectivity index (χ0) is 10.1. The lowest BCUT2D eigenvalue weighted by Gasteiger charge is -2.20. The Bertz CT molecular complexity index is 128. The SMILES string of the molecule is CC.O=C(Cl)CCC1CCCCC1. The van der Waals surface area contributed by atoms with Gasteiger partial charge in [0.05, 0.1) is 0 Å². The van der Waals surface area contributed by atoms with Crippen molar-refractivity contribution in [2.24, 2.45) is 5.92 Å². The summed E-state index contributed by atoms with van der Waals surface area (Å²) in [4.78, 5) is 10.5. The molecule has 0 spiro atoms. The first-order chi connectivity index (χ1) is 6.29. The second-order valence-corrected chi connectivity index (χ2v) is 3.82. The highest BCUT2D eigenvalue weighted by Crippen LogP contribution is 2.27. The Balaban J connectivity index is 0.000000671. The Morgan fingerprint density at radius 3 is 2.23 bits per heavy atom. The lowest BCUT2D eigenvalue weighted by Crippen LogP contribution is -2.06. The summed E-state index contributed by atoms with van der Waals surface area (Å²) in [5.74, 6) is 0.784. The summed E-state index contributed by atoms with van der Waals surface area (Å²) in [5.41, 5.74) is 0. The van der Waals surface area contributed by atoms with Gasteiger partial charge in [-0.2, -0.15) is 0 Å². The van der Waals surface area contributed by atoms with E-state index in [1.54, 1.807) is 0 Å². The molecule has 2 heteroatoms. The van der Waals surface area contributed by atoms with Crippen LogP contribution in [-0.2, 0) is 4.79 Å². The summed E-state index contributed by atoms with van der Waals surface area (Å²) in [6.45, 7) is 4.00. The van der Waals surface area contributed by atoms with E-state index >= 15 is 0 Å². The van der Waals surface area contributed by atoms with Crippen LogP contribution in [0.1, 0.15) is 58.8 Å². The molecule has 1 nitrogen and oxygen atoms in total. The third kappa shape index (κ3) is 7.06. The molecule has 0 aromatic carbocycles. The normalized spacial score (nSPS) is 17.5. The molecular weight excluding hydrogens is 184 g/mol. The molecule has 0 amide bonds. The van der Waals surface area contributed by atoms with Gasteiger partial charge in [-0.15, -0.1) is 0 Å². The van der Waals surface area contributed by atoms with Gasteiger partial charge in [0.2, 0.25) is 5.24 Å². The first-order valence-corrected chi connectivity index (χ1v) is 5.85. The summed E-state index contributed by atoms with van der Waals surface area (Å²) in [7, 11) is 0. The van der Waals surface area contributed by atoms with Crippen LogP contribution < -0.4 is 0 Å². The standard InChI is InChI=1S/C9H15ClO.C2H6/c10-9(11)7-6-8-4-2-1-3-5-8;1-2/h8H,1-7H2;1-2H3. The molecule has 13 heavy (non-hydrogen) atoms. The molecule has 1 aliphatic carbocycles. The molecule has 1 fully saturated rings. The minimum absolute atomic E-state index is 0.171. The van der Waals surface area contributed by atoms with Crippen molar-refractivity contribution in [2.75, 3.05) is 0 Å². The molecule has 0 N–H and O–H groups in total. The maximum atomic E-state index is 10.5. The molecule has 0 aliphatic heterocycles. The summed E-state index contributed by atoms with van der Waals surface area (Å²) < 4.78 is 0. The predicted molar refractivity (Wildman–Crippen MR) is 58.0 cm³/mol. The number of carbonyl (C=O) groups is 1. The van der Waals surface area contributed by atoms with E-state index in [1.165, 1.54) is 32.1 Å². The number of carbonyl (C=O) groups excluding carboxylic acids is 1. The van der Waals surface area contributed by atoms with Crippen LogP contribution in [0.4, 0.5) is 0 Å². The van der Waals surface area contributed by atoms with Crippen LogP contribution in [0.25, 0.3) is 0 Å². The summed E-state index contributed by atoms with van der Waals surface area (Å²) in [6.07, 6.45) is 8.29. The van der Waals surface area contributed by atoms with Crippen LogP contribution in [0, 0.1) is 5.92 Å². The van der Waals surface area contributed by atoms with Crippen molar-refractivity contribution in [1.82, 2.24) is 0 Å². The van der Waals surface area contributed by atoms with Crippen molar-refractivity contribution in [1.29, 1.82) is 0 Å². The Kier molecular flexibility index (Phi) is 8.53. The van der Waals surface area contributed by atoms with Gasteiger partial charge in [0, 0.05) is 6.42 Å². The zero-order valence-electron chi connectivity index (χ0n) is 8.81. The number of halogens is 1. The fourth-order valence-corrected chi connectivity index (χ4v) is 1.90. The van der Waals surface area contributed by atoms with Crippen LogP contribution >= 0.6 is 11.6 Å². The van der Waals surface area contributed by atoms with Crippen molar-refractivity contribution in [3.63, 3.8) is 0 Å². The van der Waals surface area contributed by atoms with Gasteiger partial charge < -0.3 is 0 Å². The van der Waals surface area contributed by atoms with E-state index in [9.17, 15) is 4.79 Å². The number of hydrogen-bond donors (Lipinski definition) is 0. The van der Waals surface area contributed by atoms with Crippen LogP contribution in [0.3, 0.4) is 0 Å². The minimum atomic E-state index is -0.171. The molecule has 0 aromatic rings. The quantitative estimate of drug-likeness (QED) is 0.632. The predicted octanol–water partition coefficient (Wildman–Crippen LogP) is 4.14. The lowest BCUT2D eigenvalue weighted by molar-refractivity contribution is -0.112. The number of rotatable bonds is 3. The van der Waals surface area contributed by atoms with E-state index < -0.39 is 0 Å². The topological polar surface area (TPSA) is 17.1 Å². The van der Waals surface area contributed by atoms with Gasteiger partial charge in [0.25, 0.3) is 0 Å². The van der Waals surface area contributed by atoms with Gasteiger partial charge >= 0.3 is 0 Å². The molecule has 0 unspecified atom stereocenters. The third-order valence-electron chi connectivity index (χ3n) is 2.47. The first-order valence-electron chi connectivity index (χ1n) is 5.47. The number of hydrogen-bond acceptors (Lipinski definition) is 1. The fraction of sp³-hybridized carbons (Fsp3) is 0.909. The molecule has 1 saturated carbocycles. The first kappa shape index (κ1) is 13.0. The maximum absolute atomic E-state index is 10.5. The highest BCUT2D eigenvalue weighted by Gasteiger charge is 2.13. The van der Waals surface area contributed by atoms with Crippen molar-refractivity contribution >= 4 is 16.8 Å². The molecule has 0 bridgehead atoms. The van der Waals surface area contributed by atoms with E-state index in [2.05, 4.69) is 0 Å². The van der Waals surface area contributed by atoms with Crippen LogP contribution in [0.5, 0.6) is 0 Å². The van der Waals surface area contributed by atoms with Crippen molar-refractivity contribution in [3.05, 3.63) is 0 Å². The fourth-order valence-electron chi connectivity index (χ4n) is 1.79.